The third kappa shape index (κ3) is 2.42. The molecule has 0 spiro atoms. The summed E-state index contributed by atoms with van der Waals surface area (Å²) >= 11 is 0. The molecule has 3 heteroatoms. The fourth-order valence-corrected chi connectivity index (χ4v) is 1.86. The Kier molecular flexibility index (Phi) is 4.07. The van der Waals surface area contributed by atoms with Crippen molar-refractivity contribution in [3.63, 3.8) is 0 Å². The summed E-state index contributed by atoms with van der Waals surface area (Å²) in [7, 11) is 1.40. The third-order valence-corrected chi connectivity index (χ3v) is 2.90. The lowest BCUT2D eigenvalue weighted by Crippen LogP contribution is -2.12. The highest BCUT2D eigenvalue weighted by Crippen LogP contribution is 2.23. The number of hydrogen-bond donors (Lipinski definition) is 1. The molecule has 0 aromatic heterocycles. The van der Waals surface area contributed by atoms with Crippen LogP contribution in [0.2, 0.25) is 0 Å². The van der Waals surface area contributed by atoms with E-state index in [1.54, 1.807) is 0 Å². The van der Waals surface area contributed by atoms with Gasteiger partial charge in [0.05, 0.1) is 12.7 Å². The molecule has 0 bridgehead atoms. The van der Waals surface area contributed by atoms with E-state index in [0.717, 1.165) is 11.1 Å². The quantitative estimate of drug-likeness (QED) is 0.796. The Labute approximate surface area is 96.6 Å². The summed E-state index contributed by atoms with van der Waals surface area (Å²) in [5.74, 6) is -0.0352. The Balaban J connectivity index is 3.26. The van der Waals surface area contributed by atoms with Crippen LogP contribution < -0.4 is 5.73 Å². The highest BCUT2D eigenvalue weighted by Gasteiger charge is 2.14. The van der Waals surface area contributed by atoms with Gasteiger partial charge in [-0.1, -0.05) is 13.0 Å². The minimum absolute atomic E-state index is 0.254. The van der Waals surface area contributed by atoms with E-state index < -0.39 is 0 Å². The molecule has 0 fully saturated rings. The molecule has 0 radical (unpaired) electrons. The van der Waals surface area contributed by atoms with Gasteiger partial charge in [-0.15, -0.1) is 0 Å². The van der Waals surface area contributed by atoms with Crippen LogP contribution in [-0.2, 0) is 4.74 Å². The Hall–Kier alpha value is -1.35. The molecule has 1 unspecified atom stereocenters. The predicted octanol–water partition coefficient (Wildman–Crippen LogP) is 2.15. The van der Waals surface area contributed by atoms with Crippen LogP contribution in [0.5, 0.6) is 0 Å². The first-order valence-electron chi connectivity index (χ1n) is 5.40. The van der Waals surface area contributed by atoms with E-state index >= 15 is 0 Å². The van der Waals surface area contributed by atoms with Crippen molar-refractivity contribution < 1.29 is 9.53 Å². The van der Waals surface area contributed by atoms with E-state index in [4.69, 9.17) is 10.5 Å². The molecule has 3 nitrogen and oxygen atoms in total. The zero-order valence-corrected chi connectivity index (χ0v) is 10.3. The van der Waals surface area contributed by atoms with E-state index in [2.05, 4.69) is 6.92 Å². The van der Waals surface area contributed by atoms with Gasteiger partial charge in [-0.2, -0.15) is 0 Å². The van der Waals surface area contributed by atoms with E-state index in [1.165, 1.54) is 12.7 Å². The van der Waals surface area contributed by atoms with Crippen molar-refractivity contribution in [2.45, 2.75) is 26.7 Å². The number of rotatable bonds is 3. The molecule has 1 aromatic rings. The maximum Gasteiger partial charge on any atom is 0.338 e. The second-order valence-corrected chi connectivity index (χ2v) is 4.15. The van der Waals surface area contributed by atoms with Crippen molar-refractivity contribution in [1.82, 2.24) is 0 Å². The average Bonchev–Trinajstić information content (AvgIpc) is 2.27. The predicted molar refractivity (Wildman–Crippen MR) is 64.7 cm³/mol. The van der Waals surface area contributed by atoms with Gasteiger partial charge in [-0.05, 0) is 49.1 Å². The van der Waals surface area contributed by atoms with Gasteiger partial charge in [-0.25, -0.2) is 4.79 Å². The average molecular weight is 221 g/mol. The molecule has 0 aliphatic heterocycles. The summed E-state index contributed by atoms with van der Waals surface area (Å²) < 4.78 is 4.76. The highest BCUT2D eigenvalue weighted by atomic mass is 16.5. The van der Waals surface area contributed by atoms with Crippen molar-refractivity contribution in [3.05, 3.63) is 34.4 Å². The summed E-state index contributed by atoms with van der Waals surface area (Å²) in [5.41, 5.74) is 9.51. The molecule has 1 atom stereocenters. The number of aryl methyl sites for hydroxylation is 2. The monoisotopic (exact) mass is 221 g/mol. The van der Waals surface area contributed by atoms with Crippen molar-refractivity contribution in [3.8, 4) is 0 Å². The summed E-state index contributed by atoms with van der Waals surface area (Å²) in [4.78, 5) is 11.6. The zero-order chi connectivity index (χ0) is 12.3. The molecule has 0 aliphatic carbocycles. The van der Waals surface area contributed by atoms with Crippen LogP contribution in [0.4, 0.5) is 0 Å². The minimum Gasteiger partial charge on any atom is -0.465 e. The standard InChI is InChI=1S/C13H19NO2/c1-8-5-9(2)12(13(15)16-4)6-11(8)10(3)7-14/h5-6,10H,7,14H2,1-4H3. The molecule has 16 heavy (non-hydrogen) atoms. The van der Waals surface area contributed by atoms with E-state index in [9.17, 15) is 4.79 Å². The van der Waals surface area contributed by atoms with E-state index in [-0.39, 0.29) is 11.9 Å². The van der Waals surface area contributed by atoms with Crippen LogP contribution in [0.1, 0.15) is 39.9 Å². The molecule has 0 amide bonds. The van der Waals surface area contributed by atoms with Crippen LogP contribution >= 0.6 is 0 Å². The number of hydrogen-bond acceptors (Lipinski definition) is 3. The number of methoxy groups -OCH3 is 1. The number of benzene rings is 1. The number of ether oxygens (including phenoxy) is 1. The molecule has 0 saturated heterocycles. The summed E-state index contributed by atoms with van der Waals surface area (Å²) in [6.07, 6.45) is 0. The molecule has 88 valence electrons. The fourth-order valence-electron chi connectivity index (χ4n) is 1.86. The van der Waals surface area contributed by atoms with Crippen LogP contribution in [0.25, 0.3) is 0 Å². The van der Waals surface area contributed by atoms with Gasteiger partial charge < -0.3 is 10.5 Å². The van der Waals surface area contributed by atoms with Crippen LogP contribution in [0.3, 0.4) is 0 Å². The normalized spacial score (nSPS) is 12.3. The first kappa shape index (κ1) is 12.7. The van der Waals surface area contributed by atoms with Crippen LogP contribution in [-0.4, -0.2) is 19.6 Å². The number of esters is 1. The maximum absolute atomic E-state index is 11.6. The van der Waals surface area contributed by atoms with Crippen LogP contribution in [0, 0.1) is 13.8 Å². The number of carbonyl (C=O) groups is 1. The summed E-state index contributed by atoms with van der Waals surface area (Å²) in [6.45, 7) is 6.58. The number of nitrogens with two attached hydrogens (primary N) is 1. The van der Waals surface area contributed by atoms with Gasteiger partial charge in [0.15, 0.2) is 0 Å². The van der Waals surface area contributed by atoms with Gasteiger partial charge in [-0.3, -0.25) is 0 Å². The SMILES string of the molecule is COC(=O)c1cc(C(C)CN)c(C)cc1C. The Morgan fingerprint density at radius 3 is 2.50 bits per heavy atom. The molecular weight excluding hydrogens is 202 g/mol. The first-order valence-corrected chi connectivity index (χ1v) is 5.40. The Morgan fingerprint density at radius 1 is 1.38 bits per heavy atom. The maximum atomic E-state index is 11.6. The van der Waals surface area contributed by atoms with Crippen molar-refractivity contribution in [1.29, 1.82) is 0 Å². The molecule has 0 heterocycles. The van der Waals surface area contributed by atoms with Gasteiger partial charge in [0.25, 0.3) is 0 Å². The van der Waals surface area contributed by atoms with Gasteiger partial charge in [0, 0.05) is 0 Å². The lowest BCUT2D eigenvalue weighted by Gasteiger charge is -2.15. The highest BCUT2D eigenvalue weighted by molar-refractivity contribution is 5.91. The summed E-state index contributed by atoms with van der Waals surface area (Å²) in [5, 5.41) is 0. The lowest BCUT2D eigenvalue weighted by molar-refractivity contribution is 0.0600. The molecular formula is C13H19NO2. The van der Waals surface area contributed by atoms with Crippen molar-refractivity contribution >= 4 is 5.97 Å². The van der Waals surface area contributed by atoms with Crippen molar-refractivity contribution in [2.75, 3.05) is 13.7 Å². The van der Waals surface area contributed by atoms with Gasteiger partial charge >= 0.3 is 5.97 Å². The Morgan fingerprint density at radius 2 is 2.00 bits per heavy atom. The minimum atomic E-state index is -0.289. The molecule has 0 saturated carbocycles. The summed E-state index contributed by atoms with van der Waals surface area (Å²) in [6, 6.07) is 3.90. The lowest BCUT2D eigenvalue weighted by atomic mass is 9.92. The molecule has 2 N–H and O–H groups in total. The molecule has 1 aromatic carbocycles. The zero-order valence-electron chi connectivity index (χ0n) is 10.3. The second-order valence-electron chi connectivity index (χ2n) is 4.15. The second kappa shape index (κ2) is 5.12. The van der Waals surface area contributed by atoms with Crippen molar-refractivity contribution in [2.24, 2.45) is 5.73 Å². The third-order valence-electron chi connectivity index (χ3n) is 2.90. The molecule has 0 aliphatic rings. The van der Waals surface area contributed by atoms with Gasteiger partial charge in [0.1, 0.15) is 0 Å². The Bertz CT molecular complexity index is 399. The topological polar surface area (TPSA) is 52.3 Å². The number of carbonyl (C=O) groups excluding carboxylic acids is 1. The smallest absolute Gasteiger partial charge is 0.338 e. The van der Waals surface area contributed by atoms with E-state index in [0.29, 0.717) is 12.1 Å². The van der Waals surface area contributed by atoms with Gasteiger partial charge in [0.2, 0.25) is 0 Å². The largest absolute Gasteiger partial charge is 0.465 e. The van der Waals surface area contributed by atoms with E-state index in [1.807, 2.05) is 26.0 Å². The fraction of sp³-hybridized carbons (Fsp3) is 0.462. The van der Waals surface area contributed by atoms with Crippen LogP contribution in [0.15, 0.2) is 12.1 Å². The first-order chi connectivity index (χ1) is 7.51. The molecule has 1 rings (SSSR count).